The highest BCUT2D eigenvalue weighted by atomic mass is 16.6. The second-order valence-corrected chi connectivity index (χ2v) is 9.53. The molecule has 0 spiro atoms. The van der Waals surface area contributed by atoms with Gasteiger partial charge in [-0.2, -0.15) is 0 Å². The quantitative estimate of drug-likeness (QED) is 0.464. The van der Waals surface area contributed by atoms with E-state index in [4.69, 9.17) is 18.9 Å². The largest absolute Gasteiger partial charge is 0.462 e. The molecule has 6 bridgehead atoms. The molecule has 1 aliphatic heterocycles. The minimum atomic E-state index is -0.798. The average molecular weight is 408 g/mol. The van der Waals surface area contributed by atoms with Crippen LogP contribution in [-0.4, -0.2) is 48.8 Å². The molecule has 29 heavy (non-hydrogen) atoms. The molecule has 8 heteroatoms. The van der Waals surface area contributed by atoms with E-state index in [0.717, 1.165) is 19.3 Å². The zero-order chi connectivity index (χ0) is 21.0. The first kappa shape index (κ1) is 20.2. The lowest BCUT2D eigenvalue weighted by molar-refractivity contribution is -0.202. The van der Waals surface area contributed by atoms with Crippen molar-refractivity contribution in [1.82, 2.24) is 0 Å². The van der Waals surface area contributed by atoms with Gasteiger partial charge < -0.3 is 18.9 Å². The van der Waals surface area contributed by atoms with Crippen LogP contribution in [0.4, 0.5) is 0 Å². The van der Waals surface area contributed by atoms with Crippen molar-refractivity contribution in [3.63, 3.8) is 0 Å². The number of carbonyl (C=O) groups is 4. The summed E-state index contributed by atoms with van der Waals surface area (Å²) in [5.41, 5.74) is -1.37. The Morgan fingerprint density at radius 3 is 2.55 bits per heavy atom. The Hall–Kier alpha value is -2.12. The van der Waals surface area contributed by atoms with Crippen LogP contribution in [0.3, 0.4) is 0 Å². The van der Waals surface area contributed by atoms with Gasteiger partial charge in [0, 0.05) is 18.3 Å². The highest BCUT2D eigenvalue weighted by Crippen LogP contribution is 2.65. The lowest BCUT2D eigenvalue weighted by Gasteiger charge is -2.53. The summed E-state index contributed by atoms with van der Waals surface area (Å²) >= 11 is 0. The lowest BCUT2D eigenvalue weighted by atomic mass is 9.56. The van der Waals surface area contributed by atoms with E-state index in [1.54, 1.807) is 13.8 Å². The predicted molar refractivity (Wildman–Crippen MR) is 97.1 cm³/mol. The zero-order valence-electron chi connectivity index (χ0n) is 17.1. The Balaban J connectivity index is 1.29. The fourth-order valence-electron chi connectivity index (χ4n) is 5.74. The molecule has 8 nitrogen and oxygen atoms in total. The van der Waals surface area contributed by atoms with Crippen LogP contribution < -0.4 is 0 Å². The van der Waals surface area contributed by atoms with Crippen LogP contribution in [0.25, 0.3) is 0 Å². The molecular weight excluding hydrogens is 380 g/mol. The number of esters is 4. The van der Waals surface area contributed by atoms with Crippen molar-refractivity contribution in [2.24, 2.45) is 29.1 Å². The molecular formula is C21H28O8. The summed E-state index contributed by atoms with van der Waals surface area (Å²) in [5.74, 6) is -1.65. The van der Waals surface area contributed by atoms with Crippen molar-refractivity contribution in [2.75, 3.05) is 13.2 Å². The van der Waals surface area contributed by atoms with E-state index in [9.17, 15) is 19.2 Å². The Labute approximate surface area is 169 Å². The normalized spacial score (nSPS) is 36.5. The summed E-state index contributed by atoms with van der Waals surface area (Å²) in [5, 5.41) is 0. The molecule has 0 aromatic carbocycles. The monoisotopic (exact) mass is 408 g/mol. The number of hydrogen-bond donors (Lipinski definition) is 0. The molecule has 0 aromatic heterocycles. The maximum atomic E-state index is 12.4. The predicted octanol–water partition coefficient (Wildman–Crippen LogP) is 1.78. The fourth-order valence-corrected chi connectivity index (χ4v) is 5.74. The Bertz CT molecular complexity index is 743. The Morgan fingerprint density at radius 1 is 1.10 bits per heavy atom. The van der Waals surface area contributed by atoms with Crippen LogP contribution >= 0.6 is 0 Å². The molecule has 0 aromatic rings. The molecule has 5 fully saturated rings. The molecule has 1 heterocycles. The molecule has 1 saturated heterocycles. The smallest absolute Gasteiger partial charge is 0.344 e. The van der Waals surface area contributed by atoms with Crippen molar-refractivity contribution >= 4 is 23.9 Å². The highest BCUT2D eigenvalue weighted by molar-refractivity contribution is 5.81. The van der Waals surface area contributed by atoms with Crippen molar-refractivity contribution < 1.29 is 38.1 Å². The van der Waals surface area contributed by atoms with Crippen molar-refractivity contribution in [2.45, 2.75) is 64.6 Å². The molecule has 0 N–H and O–H groups in total. The van der Waals surface area contributed by atoms with Crippen LogP contribution in [0.2, 0.25) is 0 Å². The third-order valence-electron chi connectivity index (χ3n) is 7.35. The first-order valence-corrected chi connectivity index (χ1v) is 10.4. The maximum Gasteiger partial charge on any atom is 0.344 e. The van der Waals surface area contributed by atoms with Crippen molar-refractivity contribution in [3.8, 4) is 0 Å². The van der Waals surface area contributed by atoms with Crippen LogP contribution in [0, 0.1) is 29.1 Å². The van der Waals surface area contributed by atoms with E-state index in [1.807, 2.05) is 6.92 Å². The van der Waals surface area contributed by atoms with Crippen LogP contribution in [0.5, 0.6) is 0 Å². The van der Waals surface area contributed by atoms with E-state index in [0.29, 0.717) is 18.8 Å². The molecule has 0 radical (unpaired) electrons. The Morgan fingerprint density at radius 2 is 1.83 bits per heavy atom. The first-order valence-electron chi connectivity index (χ1n) is 10.4. The van der Waals surface area contributed by atoms with Crippen LogP contribution in [-0.2, 0) is 38.1 Å². The molecule has 4 saturated carbocycles. The van der Waals surface area contributed by atoms with E-state index < -0.39 is 42.1 Å². The lowest BCUT2D eigenvalue weighted by Crippen LogP contribution is -2.57. The number of ether oxygens (including phenoxy) is 4. The second-order valence-electron chi connectivity index (χ2n) is 9.53. The Kier molecular flexibility index (Phi) is 4.86. The van der Waals surface area contributed by atoms with E-state index in [-0.39, 0.29) is 29.8 Å². The van der Waals surface area contributed by atoms with Gasteiger partial charge in [0.1, 0.15) is 11.7 Å². The first-order chi connectivity index (χ1) is 13.6. The minimum absolute atomic E-state index is 0.00984. The number of carbonyl (C=O) groups excluding carboxylic acids is 4. The van der Waals surface area contributed by atoms with Crippen LogP contribution in [0.1, 0.15) is 52.9 Å². The van der Waals surface area contributed by atoms with Gasteiger partial charge in [-0.3, -0.25) is 9.59 Å². The van der Waals surface area contributed by atoms with Gasteiger partial charge in [-0.05, 0) is 45.4 Å². The standard InChI is InChI=1S/C21H28O8/c1-4-20(2,3)19(25)27-9-15(22)26-10-16(23)29-21-7-11-5-12-14(8-21)28-18(24)13(6-11)17(12)21/h11-14,17H,4-10H2,1-3H3. The molecule has 6 unspecified atom stereocenters. The SMILES string of the molecule is CCC(C)(C)C(=O)OCC(=O)OCC(=O)OC12CC3CC4C(=O)OC(C1)C(C3)C42. The van der Waals surface area contributed by atoms with Crippen molar-refractivity contribution in [3.05, 3.63) is 0 Å². The molecule has 5 aliphatic rings. The molecule has 6 atom stereocenters. The molecule has 4 aliphatic carbocycles. The van der Waals surface area contributed by atoms with Gasteiger partial charge in [0.05, 0.1) is 11.3 Å². The summed E-state index contributed by atoms with van der Waals surface area (Å²) in [7, 11) is 0. The topological polar surface area (TPSA) is 105 Å². The minimum Gasteiger partial charge on any atom is -0.462 e. The molecule has 0 amide bonds. The van der Waals surface area contributed by atoms with Gasteiger partial charge in [-0.25, -0.2) is 9.59 Å². The average Bonchev–Trinajstić information content (AvgIpc) is 2.84. The zero-order valence-corrected chi connectivity index (χ0v) is 17.1. The van der Waals surface area contributed by atoms with Gasteiger partial charge in [0.25, 0.3) is 0 Å². The molecule has 160 valence electrons. The maximum absolute atomic E-state index is 12.4. The van der Waals surface area contributed by atoms with E-state index in [1.165, 1.54) is 0 Å². The summed E-state index contributed by atoms with van der Waals surface area (Å²) in [6.07, 6.45) is 3.50. The van der Waals surface area contributed by atoms with Crippen molar-refractivity contribution in [1.29, 1.82) is 0 Å². The van der Waals surface area contributed by atoms with Gasteiger partial charge >= 0.3 is 23.9 Å². The number of hydrogen-bond acceptors (Lipinski definition) is 8. The summed E-state index contributed by atoms with van der Waals surface area (Å²) in [6, 6.07) is 0. The van der Waals surface area contributed by atoms with Gasteiger partial charge in [-0.1, -0.05) is 6.92 Å². The third kappa shape index (κ3) is 3.40. The van der Waals surface area contributed by atoms with E-state index >= 15 is 0 Å². The fraction of sp³-hybridized carbons (Fsp3) is 0.810. The second kappa shape index (κ2) is 6.99. The summed E-state index contributed by atoms with van der Waals surface area (Å²) in [6.45, 7) is 4.23. The van der Waals surface area contributed by atoms with Gasteiger partial charge in [-0.15, -0.1) is 0 Å². The summed E-state index contributed by atoms with van der Waals surface area (Å²) < 4.78 is 21.3. The van der Waals surface area contributed by atoms with E-state index in [2.05, 4.69) is 0 Å². The molecule has 5 rings (SSSR count). The van der Waals surface area contributed by atoms with Gasteiger partial charge in [0.15, 0.2) is 13.2 Å². The number of rotatable bonds is 7. The summed E-state index contributed by atoms with van der Waals surface area (Å²) in [4.78, 5) is 48.3. The highest BCUT2D eigenvalue weighted by Gasteiger charge is 2.70. The van der Waals surface area contributed by atoms with Gasteiger partial charge in [0.2, 0.25) is 0 Å². The van der Waals surface area contributed by atoms with Crippen LogP contribution in [0.15, 0.2) is 0 Å². The third-order valence-corrected chi connectivity index (χ3v) is 7.35.